The number of fused-ring (bicyclic) bond motifs is 3. The minimum atomic E-state index is -0.553. The van der Waals surface area contributed by atoms with E-state index in [0.29, 0.717) is 5.56 Å². The molecule has 0 spiro atoms. The minimum Gasteiger partial charge on any atom is -0.320 e. The van der Waals surface area contributed by atoms with E-state index in [2.05, 4.69) is 41.6 Å². The highest BCUT2D eigenvalue weighted by Gasteiger charge is 2.20. The van der Waals surface area contributed by atoms with Crippen LogP contribution in [-0.2, 0) is 12.8 Å². The molecule has 2 heterocycles. The summed E-state index contributed by atoms with van der Waals surface area (Å²) in [6, 6.07) is 10.3. The molecule has 0 bridgehead atoms. The summed E-state index contributed by atoms with van der Waals surface area (Å²) >= 11 is 0. The Morgan fingerprint density at radius 2 is 1.81 bits per heavy atom. The molecule has 0 saturated carbocycles. The Morgan fingerprint density at radius 3 is 2.59 bits per heavy atom. The smallest absolute Gasteiger partial charge is 0.133 e. The first-order chi connectivity index (χ1) is 12.9. The highest BCUT2D eigenvalue weighted by molar-refractivity contribution is 5.90. The molecule has 0 aliphatic carbocycles. The van der Waals surface area contributed by atoms with Gasteiger partial charge in [0, 0.05) is 48.4 Å². The lowest BCUT2D eigenvalue weighted by Gasteiger charge is -2.13. The highest BCUT2D eigenvalue weighted by atomic mass is 19.1. The summed E-state index contributed by atoms with van der Waals surface area (Å²) in [6.45, 7) is 6.03. The Hall–Kier alpha value is -2.46. The summed E-state index contributed by atoms with van der Waals surface area (Å²) in [5, 5.41) is 1.28. The molecule has 4 heteroatoms. The number of hydrogen-bond donors (Lipinski definition) is 0. The Bertz CT molecular complexity index is 1050. The third-order valence-electron chi connectivity index (χ3n) is 5.53. The molecule has 27 heavy (non-hydrogen) atoms. The maximum Gasteiger partial charge on any atom is 0.133 e. The first kappa shape index (κ1) is 17.9. The quantitative estimate of drug-likeness (QED) is 0.599. The van der Waals surface area contributed by atoms with Crippen LogP contribution in [0, 0.1) is 18.6 Å². The van der Waals surface area contributed by atoms with Crippen molar-refractivity contribution >= 4 is 22.7 Å². The Balaban J connectivity index is 1.90. The van der Waals surface area contributed by atoms with Crippen molar-refractivity contribution in [3.63, 3.8) is 0 Å². The van der Waals surface area contributed by atoms with Crippen molar-refractivity contribution in [2.24, 2.45) is 0 Å². The van der Waals surface area contributed by atoms with Crippen LogP contribution in [-0.4, -0.2) is 29.6 Å². The zero-order valence-electron chi connectivity index (χ0n) is 16.0. The second-order valence-corrected chi connectivity index (χ2v) is 7.56. The molecule has 4 rings (SSSR count). The van der Waals surface area contributed by atoms with E-state index in [1.165, 1.54) is 34.3 Å². The summed E-state index contributed by atoms with van der Waals surface area (Å²) in [6.07, 6.45) is 3.96. The molecule has 0 radical (unpaired) electrons. The van der Waals surface area contributed by atoms with Crippen molar-refractivity contribution in [2.75, 3.05) is 20.1 Å². The van der Waals surface area contributed by atoms with Crippen LogP contribution in [0.4, 0.5) is 8.78 Å². The average molecular weight is 366 g/mol. The van der Waals surface area contributed by atoms with E-state index in [-0.39, 0.29) is 0 Å². The number of aryl methyl sites for hydroxylation is 1. The molecular formula is C23H24F2N2. The molecule has 0 amide bonds. The lowest BCUT2D eigenvalue weighted by molar-refractivity contribution is 0.351. The van der Waals surface area contributed by atoms with E-state index in [4.69, 9.17) is 0 Å². The number of likely N-dealkylation sites (N-methyl/N-ethyl adjacent to an activating group) is 1. The van der Waals surface area contributed by atoms with Crippen LogP contribution in [0.2, 0.25) is 0 Å². The minimum absolute atomic E-state index is 0.435. The van der Waals surface area contributed by atoms with Crippen LogP contribution in [0.15, 0.2) is 36.4 Å². The van der Waals surface area contributed by atoms with Crippen LogP contribution in [0.25, 0.3) is 22.7 Å². The van der Waals surface area contributed by atoms with Gasteiger partial charge in [0.25, 0.3) is 0 Å². The third kappa shape index (κ3) is 3.30. The molecule has 0 N–H and O–H groups in total. The summed E-state index contributed by atoms with van der Waals surface area (Å²) in [4.78, 5) is 2.35. The number of rotatable bonds is 2. The van der Waals surface area contributed by atoms with Crippen molar-refractivity contribution in [3.05, 3.63) is 70.4 Å². The van der Waals surface area contributed by atoms with Gasteiger partial charge in [-0.2, -0.15) is 0 Å². The monoisotopic (exact) mass is 366 g/mol. The lowest BCUT2D eigenvalue weighted by Crippen LogP contribution is -2.21. The van der Waals surface area contributed by atoms with Gasteiger partial charge in [0.15, 0.2) is 0 Å². The maximum atomic E-state index is 14.3. The van der Waals surface area contributed by atoms with Crippen molar-refractivity contribution < 1.29 is 8.78 Å². The van der Waals surface area contributed by atoms with E-state index < -0.39 is 11.6 Å². The lowest BCUT2D eigenvalue weighted by atomic mass is 10.1. The fourth-order valence-electron chi connectivity index (χ4n) is 4.03. The van der Waals surface area contributed by atoms with E-state index in [1.807, 2.05) is 13.1 Å². The Morgan fingerprint density at radius 1 is 1.04 bits per heavy atom. The number of nitrogens with zero attached hydrogens (tertiary/aromatic N) is 2. The van der Waals surface area contributed by atoms with E-state index >= 15 is 0 Å². The predicted octanol–water partition coefficient (Wildman–Crippen LogP) is 5.28. The SMILES string of the molecule is C/C(=C\n1c2c(c3cc(C)ccc31)CCN(C)CC2)c1ccc(F)cc1F. The standard InChI is InChI=1S/C23H24F2N2/c1-15-4-7-22-20(12-15)19-8-10-26(3)11-9-23(19)27(22)14-16(2)18-6-5-17(24)13-21(18)25/h4-7,12-14H,8-11H2,1-3H3/b16-14+. The van der Waals surface area contributed by atoms with Crippen molar-refractivity contribution in [1.82, 2.24) is 9.47 Å². The molecule has 3 aromatic rings. The second-order valence-electron chi connectivity index (χ2n) is 7.56. The molecule has 0 atom stereocenters. The van der Waals surface area contributed by atoms with E-state index in [0.717, 1.165) is 43.1 Å². The molecule has 1 aromatic heterocycles. The summed E-state index contributed by atoms with van der Waals surface area (Å²) in [5.74, 6) is -1.08. The van der Waals surface area contributed by atoms with Gasteiger partial charge >= 0.3 is 0 Å². The molecule has 1 aliphatic heterocycles. The summed E-state index contributed by atoms with van der Waals surface area (Å²) in [7, 11) is 2.15. The van der Waals surface area contributed by atoms with E-state index in [1.54, 1.807) is 0 Å². The van der Waals surface area contributed by atoms with Crippen LogP contribution < -0.4 is 0 Å². The van der Waals surface area contributed by atoms with E-state index in [9.17, 15) is 8.78 Å². The largest absolute Gasteiger partial charge is 0.320 e. The van der Waals surface area contributed by atoms with Gasteiger partial charge in [-0.3, -0.25) is 0 Å². The van der Waals surface area contributed by atoms with Crippen LogP contribution in [0.3, 0.4) is 0 Å². The fraction of sp³-hybridized carbons (Fsp3) is 0.304. The number of aromatic nitrogens is 1. The normalized spacial score (nSPS) is 15.8. The number of benzene rings is 2. The number of halogens is 2. The van der Waals surface area contributed by atoms with Gasteiger partial charge in [-0.05, 0) is 62.7 Å². The van der Waals surface area contributed by atoms with Gasteiger partial charge in [-0.25, -0.2) is 8.78 Å². The van der Waals surface area contributed by atoms with Crippen LogP contribution in [0.5, 0.6) is 0 Å². The Labute approximate surface area is 158 Å². The van der Waals surface area contributed by atoms with Gasteiger partial charge in [0.2, 0.25) is 0 Å². The number of allylic oxidation sites excluding steroid dienone is 1. The van der Waals surface area contributed by atoms with Crippen molar-refractivity contribution in [2.45, 2.75) is 26.7 Å². The average Bonchev–Trinajstić information content (AvgIpc) is 2.75. The molecular weight excluding hydrogens is 342 g/mol. The Kier molecular flexibility index (Phi) is 4.60. The van der Waals surface area contributed by atoms with Crippen molar-refractivity contribution in [1.29, 1.82) is 0 Å². The zero-order chi connectivity index (χ0) is 19.1. The molecule has 2 aromatic carbocycles. The van der Waals surface area contributed by atoms with Gasteiger partial charge < -0.3 is 9.47 Å². The molecule has 1 aliphatic rings. The first-order valence-corrected chi connectivity index (χ1v) is 9.38. The van der Waals surface area contributed by atoms with Gasteiger partial charge in [-0.15, -0.1) is 0 Å². The summed E-state index contributed by atoms with van der Waals surface area (Å²) < 4.78 is 29.7. The first-order valence-electron chi connectivity index (χ1n) is 9.38. The third-order valence-corrected chi connectivity index (χ3v) is 5.53. The topological polar surface area (TPSA) is 8.17 Å². The second kappa shape index (κ2) is 6.93. The molecule has 2 nitrogen and oxygen atoms in total. The van der Waals surface area contributed by atoms with Crippen LogP contribution >= 0.6 is 0 Å². The maximum absolute atomic E-state index is 14.3. The van der Waals surface area contributed by atoms with Gasteiger partial charge in [-0.1, -0.05) is 11.6 Å². The molecule has 0 fully saturated rings. The predicted molar refractivity (Wildman–Crippen MR) is 108 cm³/mol. The molecule has 0 unspecified atom stereocenters. The van der Waals surface area contributed by atoms with Crippen molar-refractivity contribution in [3.8, 4) is 0 Å². The molecule has 140 valence electrons. The summed E-state index contributed by atoms with van der Waals surface area (Å²) in [5.41, 5.74) is 6.29. The molecule has 0 saturated heterocycles. The highest BCUT2D eigenvalue weighted by Crippen LogP contribution is 2.32. The van der Waals surface area contributed by atoms with Gasteiger partial charge in [0.1, 0.15) is 11.6 Å². The van der Waals surface area contributed by atoms with Crippen LogP contribution in [0.1, 0.15) is 29.3 Å². The van der Waals surface area contributed by atoms with Gasteiger partial charge in [0.05, 0.1) is 5.52 Å². The number of hydrogen-bond acceptors (Lipinski definition) is 1. The fourth-order valence-corrected chi connectivity index (χ4v) is 4.03. The zero-order valence-corrected chi connectivity index (χ0v) is 16.0.